The van der Waals surface area contributed by atoms with E-state index in [2.05, 4.69) is 22.6 Å². The Balaban J connectivity index is 1.50. The Labute approximate surface area is 197 Å². The van der Waals surface area contributed by atoms with Gasteiger partial charge in [0.15, 0.2) is 0 Å². The van der Waals surface area contributed by atoms with Crippen molar-refractivity contribution < 1.29 is 19.1 Å². The number of esters is 1. The van der Waals surface area contributed by atoms with Crippen molar-refractivity contribution in [1.82, 2.24) is 4.90 Å². The summed E-state index contributed by atoms with van der Waals surface area (Å²) in [5.74, 6) is -0.424. The second-order valence-corrected chi connectivity index (χ2v) is 8.85. The van der Waals surface area contributed by atoms with Gasteiger partial charge in [0.1, 0.15) is 5.75 Å². The molecule has 1 aliphatic rings. The van der Waals surface area contributed by atoms with Gasteiger partial charge in [-0.3, -0.25) is 14.5 Å². The van der Waals surface area contributed by atoms with E-state index in [0.717, 1.165) is 20.9 Å². The van der Waals surface area contributed by atoms with Gasteiger partial charge in [0, 0.05) is 3.57 Å². The monoisotopic (exact) mass is 541 g/mol. The largest absolute Gasteiger partial charge is 0.423 e. The van der Waals surface area contributed by atoms with Crippen molar-refractivity contribution in [3.8, 4) is 5.75 Å². The molecule has 3 aromatic rings. The number of carbonyl (C=O) groups excluding carboxylic acids is 3. The number of benzene rings is 3. The standard InChI is InChI=1S/C24H16INO4S/c25-20-12-5-4-11-19(20)23(28)30-18-10-6-9-17(13-18)14-21-22(27)26(24(29)31-21)15-16-7-2-1-3-8-16/h1-14H,15H2/b21-14-. The van der Waals surface area contributed by atoms with Crippen molar-refractivity contribution in [1.29, 1.82) is 0 Å². The normalized spacial score (nSPS) is 14.9. The molecule has 1 aliphatic heterocycles. The van der Waals surface area contributed by atoms with Gasteiger partial charge in [0.25, 0.3) is 11.1 Å². The zero-order valence-corrected chi connectivity index (χ0v) is 19.1. The topological polar surface area (TPSA) is 63.7 Å². The lowest BCUT2D eigenvalue weighted by molar-refractivity contribution is -0.123. The Bertz CT molecular complexity index is 1190. The number of thioether (sulfide) groups is 1. The molecule has 1 heterocycles. The molecule has 0 unspecified atom stereocenters. The van der Waals surface area contributed by atoms with Gasteiger partial charge >= 0.3 is 5.97 Å². The van der Waals surface area contributed by atoms with Gasteiger partial charge < -0.3 is 4.74 Å². The van der Waals surface area contributed by atoms with Gasteiger partial charge in [-0.1, -0.05) is 54.6 Å². The summed E-state index contributed by atoms with van der Waals surface area (Å²) in [5.41, 5.74) is 2.03. The van der Waals surface area contributed by atoms with Gasteiger partial charge in [-0.2, -0.15) is 0 Å². The van der Waals surface area contributed by atoms with E-state index in [4.69, 9.17) is 4.74 Å². The number of halogens is 1. The molecule has 0 spiro atoms. The van der Waals surface area contributed by atoms with Crippen LogP contribution in [0.25, 0.3) is 6.08 Å². The van der Waals surface area contributed by atoms with Crippen LogP contribution in [0.1, 0.15) is 21.5 Å². The lowest BCUT2D eigenvalue weighted by atomic mass is 10.2. The Morgan fingerprint density at radius 1 is 0.968 bits per heavy atom. The second kappa shape index (κ2) is 9.49. The summed E-state index contributed by atoms with van der Waals surface area (Å²) in [4.78, 5) is 39.1. The van der Waals surface area contributed by atoms with E-state index in [1.807, 2.05) is 42.5 Å². The predicted octanol–water partition coefficient (Wildman–Crippen LogP) is 5.75. The molecule has 154 valence electrons. The molecule has 0 saturated carbocycles. The molecule has 0 aromatic heterocycles. The van der Waals surface area contributed by atoms with Crippen LogP contribution in [0, 0.1) is 3.57 Å². The second-order valence-electron chi connectivity index (χ2n) is 6.70. The van der Waals surface area contributed by atoms with E-state index < -0.39 is 5.97 Å². The van der Waals surface area contributed by atoms with Gasteiger partial charge in [-0.25, -0.2) is 4.79 Å². The van der Waals surface area contributed by atoms with E-state index in [0.29, 0.717) is 21.8 Å². The fourth-order valence-electron chi connectivity index (χ4n) is 3.01. The highest BCUT2D eigenvalue weighted by molar-refractivity contribution is 14.1. The molecule has 1 fully saturated rings. The maximum atomic E-state index is 12.7. The number of hydrogen-bond donors (Lipinski definition) is 0. The molecule has 0 radical (unpaired) electrons. The minimum absolute atomic E-state index is 0.232. The molecule has 4 rings (SSSR count). The van der Waals surface area contributed by atoms with E-state index in [-0.39, 0.29) is 17.7 Å². The highest BCUT2D eigenvalue weighted by Crippen LogP contribution is 2.33. The fourth-order valence-corrected chi connectivity index (χ4v) is 4.46. The van der Waals surface area contributed by atoms with Crippen LogP contribution in [0.15, 0.2) is 83.8 Å². The molecule has 0 atom stereocenters. The SMILES string of the molecule is O=C(Oc1cccc(/C=C2\SC(=O)N(Cc3ccccc3)C2=O)c1)c1ccccc1I. The molecular weight excluding hydrogens is 525 g/mol. The van der Waals surface area contributed by atoms with Crippen molar-refractivity contribution in [3.05, 3.63) is 104 Å². The Morgan fingerprint density at radius 3 is 2.48 bits per heavy atom. The number of rotatable bonds is 5. The van der Waals surface area contributed by atoms with Crippen molar-refractivity contribution in [2.24, 2.45) is 0 Å². The van der Waals surface area contributed by atoms with Crippen LogP contribution in [0.3, 0.4) is 0 Å². The molecule has 31 heavy (non-hydrogen) atoms. The van der Waals surface area contributed by atoms with Crippen LogP contribution < -0.4 is 4.74 Å². The van der Waals surface area contributed by atoms with Gasteiger partial charge in [-0.05, 0) is 75.8 Å². The van der Waals surface area contributed by atoms with Crippen LogP contribution >= 0.6 is 34.4 Å². The molecule has 0 N–H and O–H groups in total. The number of carbonyl (C=O) groups is 3. The zero-order chi connectivity index (χ0) is 21.8. The lowest BCUT2D eigenvalue weighted by Crippen LogP contribution is -2.27. The van der Waals surface area contributed by atoms with Gasteiger partial charge in [-0.15, -0.1) is 0 Å². The first kappa shape index (κ1) is 21.3. The Hall–Kier alpha value is -2.91. The average Bonchev–Trinajstić information content (AvgIpc) is 3.02. The number of amides is 2. The molecule has 3 aromatic carbocycles. The molecule has 0 aliphatic carbocycles. The third-order valence-electron chi connectivity index (χ3n) is 4.52. The minimum atomic E-state index is -0.453. The number of hydrogen-bond acceptors (Lipinski definition) is 5. The Kier molecular flexibility index (Phi) is 6.53. The first-order chi connectivity index (χ1) is 15.0. The molecule has 7 heteroatoms. The summed E-state index contributed by atoms with van der Waals surface area (Å²) in [6.45, 7) is 0.232. The van der Waals surface area contributed by atoms with Crippen LogP contribution in [-0.2, 0) is 11.3 Å². The summed E-state index contributed by atoms with van der Waals surface area (Å²) >= 11 is 2.99. The highest BCUT2D eigenvalue weighted by atomic mass is 127. The van der Waals surface area contributed by atoms with E-state index >= 15 is 0 Å². The van der Waals surface area contributed by atoms with Gasteiger partial charge in [0.2, 0.25) is 0 Å². The third kappa shape index (κ3) is 5.05. The summed E-state index contributed by atoms with van der Waals surface area (Å²) in [5, 5.41) is -0.304. The van der Waals surface area contributed by atoms with E-state index in [9.17, 15) is 14.4 Å². The molecule has 1 saturated heterocycles. The minimum Gasteiger partial charge on any atom is -0.423 e. The van der Waals surface area contributed by atoms with Crippen molar-refractivity contribution in [2.75, 3.05) is 0 Å². The maximum Gasteiger partial charge on any atom is 0.344 e. The summed E-state index contributed by atoms with van der Waals surface area (Å²) in [7, 11) is 0. The third-order valence-corrected chi connectivity index (χ3v) is 6.37. The van der Waals surface area contributed by atoms with Crippen LogP contribution in [0.2, 0.25) is 0 Å². The fraction of sp³-hybridized carbons (Fsp3) is 0.0417. The van der Waals surface area contributed by atoms with E-state index in [1.54, 1.807) is 42.5 Å². The summed E-state index contributed by atoms with van der Waals surface area (Å²) in [6.07, 6.45) is 1.64. The smallest absolute Gasteiger partial charge is 0.344 e. The highest BCUT2D eigenvalue weighted by Gasteiger charge is 2.34. The van der Waals surface area contributed by atoms with Crippen molar-refractivity contribution in [2.45, 2.75) is 6.54 Å². The maximum absolute atomic E-state index is 12.7. The number of imide groups is 1. The molecular formula is C24H16INO4S. The van der Waals surface area contributed by atoms with Gasteiger partial charge in [0.05, 0.1) is 17.0 Å². The number of ether oxygens (including phenoxy) is 1. The first-order valence-electron chi connectivity index (χ1n) is 9.37. The summed E-state index contributed by atoms with van der Waals surface area (Å²) in [6, 6.07) is 23.4. The van der Waals surface area contributed by atoms with Crippen LogP contribution in [0.4, 0.5) is 4.79 Å². The first-order valence-corrected chi connectivity index (χ1v) is 11.3. The summed E-state index contributed by atoms with van der Waals surface area (Å²) < 4.78 is 6.29. The van der Waals surface area contributed by atoms with Crippen molar-refractivity contribution >= 4 is 57.5 Å². The molecule has 2 amide bonds. The molecule has 0 bridgehead atoms. The molecule has 5 nitrogen and oxygen atoms in total. The van der Waals surface area contributed by atoms with Crippen LogP contribution in [0.5, 0.6) is 5.75 Å². The van der Waals surface area contributed by atoms with Crippen LogP contribution in [-0.4, -0.2) is 22.0 Å². The quantitative estimate of drug-likeness (QED) is 0.178. The zero-order valence-electron chi connectivity index (χ0n) is 16.2. The lowest BCUT2D eigenvalue weighted by Gasteiger charge is -2.12. The van der Waals surface area contributed by atoms with E-state index in [1.165, 1.54) is 4.90 Å². The number of nitrogens with zero attached hydrogens (tertiary/aromatic N) is 1. The van der Waals surface area contributed by atoms with Crippen molar-refractivity contribution in [3.63, 3.8) is 0 Å². The predicted molar refractivity (Wildman–Crippen MR) is 129 cm³/mol. The Morgan fingerprint density at radius 2 is 1.71 bits per heavy atom. The average molecular weight is 541 g/mol.